The summed E-state index contributed by atoms with van der Waals surface area (Å²) in [6, 6.07) is 10.3. The van der Waals surface area contributed by atoms with Crippen LogP contribution < -0.4 is 4.74 Å². The van der Waals surface area contributed by atoms with Crippen molar-refractivity contribution < 1.29 is 23.8 Å². The molecule has 0 atom stereocenters. The minimum atomic E-state index is -0.677. The van der Waals surface area contributed by atoms with Crippen molar-refractivity contribution in [2.45, 2.75) is 20.4 Å². The van der Waals surface area contributed by atoms with Crippen LogP contribution in [0, 0.1) is 25.2 Å². The number of esters is 1. The number of carbonyl (C=O) groups is 2. The van der Waals surface area contributed by atoms with E-state index in [4.69, 9.17) is 19.5 Å². The average Bonchev–Trinajstić information content (AvgIpc) is 2.96. The van der Waals surface area contributed by atoms with E-state index in [-0.39, 0.29) is 19.0 Å². The molecule has 142 valence electrons. The first-order chi connectivity index (χ1) is 13.0. The minimum Gasteiger partial charge on any atom is -0.481 e. The van der Waals surface area contributed by atoms with Crippen LogP contribution in [0.4, 0.5) is 0 Å². The summed E-state index contributed by atoms with van der Waals surface area (Å²) >= 11 is 0. The van der Waals surface area contributed by atoms with Crippen LogP contribution in [0.5, 0.6) is 5.75 Å². The summed E-state index contributed by atoms with van der Waals surface area (Å²) in [4.78, 5) is 24.2. The quantitative estimate of drug-likeness (QED) is 0.497. The van der Waals surface area contributed by atoms with Gasteiger partial charge in [0.05, 0.1) is 12.2 Å². The molecule has 0 aliphatic rings. The van der Waals surface area contributed by atoms with Gasteiger partial charge in [0.2, 0.25) is 5.78 Å². The standard InChI is InChI=1S/C20H22N2O5/c1-14-10-17(15(2)22(14)8-9-25-3)18(23)12-27-20(24)13-26-19-7-5-4-6-16(19)11-21/h4-7,10H,8-9,12-13H2,1-3H3. The number of rotatable bonds is 9. The highest BCUT2D eigenvalue weighted by molar-refractivity contribution is 5.99. The van der Waals surface area contributed by atoms with Crippen molar-refractivity contribution >= 4 is 11.8 Å². The highest BCUT2D eigenvalue weighted by atomic mass is 16.6. The molecule has 1 aromatic heterocycles. The first-order valence-electron chi connectivity index (χ1n) is 8.44. The molecule has 0 saturated heterocycles. The van der Waals surface area contributed by atoms with Crippen LogP contribution in [0.2, 0.25) is 0 Å². The summed E-state index contributed by atoms with van der Waals surface area (Å²) in [6.07, 6.45) is 0. The van der Waals surface area contributed by atoms with Crippen molar-refractivity contribution in [1.29, 1.82) is 5.26 Å². The molecule has 1 heterocycles. The largest absolute Gasteiger partial charge is 0.481 e. The Morgan fingerprint density at radius 3 is 2.63 bits per heavy atom. The van der Waals surface area contributed by atoms with Crippen molar-refractivity contribution in [3.63, 3.8) is 0 Å². The molecule has 1 aromatic carbocycles. The monoisotopic (exact) mass is 370 g/mol. The molecule has 0 amide bonds. The number of carbonyl (C=O) groups excluding carboxylic acids is 2. The first-order valence-corrected chi connectivity index (χ1v) is 8.44. The van der Waals surface area contributed by atoms with Crippen LogP contribution in [0.1, 0.15) is 27.3 Å². The fourth-order valence-corrected chi connectivity index (χ4v) is 2.70. The molecule has 0 unspecified atom stereocenters. The summed E-state index contributed by atoms with van der Waals surface area (Å²) in [5.41, 5.74) is 2.59. The van der Waals surface area contributed by atoms with Crippen molar-refractivity contribution in [2.24, 2.45) is 0 Å². The molecule has 0 bridgehead atoms. The van der Waals surface area contributed by atoms with Crippen LogP contribution in [0.15, 0.2) is 30.3 Å². The zero-order chi connectivity index (χ0) is 19.8. The van der Waals surface area contributed by atoms with Gasteiger partial charge in [0, 0.05) is 30.6 Å². The van der Waals surface area contributed by atoms with Gasteiger partial charge in [-0.3, -0.25) is 4.79 Å². The molecule has 2 aromatic rings. The molecule has 0 aliphatic heterocycles. The van der Waals surface area contributed by atoms with E-state index in [1.807, 2.05) is 24.5 Å². The molecule has 0 radical (unpaired) electrons. The van der Waals surface area contributed by atoms with Gasteiger partial charge in [0.15, 0.2) is 13.2 Å². The molecular weight excluding hydrogens is 348 g/mol. The molecular formula is C20H22N2O5. The Hall–Kier alpha value is -3.11. The molecule has 0 spiro atoms. The number of ketones is 1. The van der Waals surface area contributed by atoms with Gasteiger partial charge in [-0.15, -0.1) is 0 Å². The zero-order valence-corrected chi connectivity index (χ0v) is 15.7. The zero-order valence-electron chi connectivity index (χ0n) is 15.7. The van der Waals surface area contributed by atoms with Crippen molar-refractivity contribution in [3.8, 4) is 11.8 Å². The predicted octanol–water partition coefficient (Wildman–Crippen LogP) is 2.43. The predicted molar refractivity (Wildman–Crippen MR) is 97.7 cm³/mol. The maximum absolute atomic E-state index is 12.4. The van der Waals surface area contributed by atoms with Crippen LogP contribution >= 0.6 is 0 Å². The molecule has 2 rings (SSSR count). The van der Waals surface area contributed by atoms with E-state index in [0.29, 0.717) is 30.0 Å². The Morgan fingerprint density at radius 2 is 1.93 bits per heavy atom. The van der Waals surface area contributed by atoms with E-state index in [1.165, 1.54) is 0 Å². The Bertz CT molecular complexity index is 864. The molecule has 0 aliphatic carbocycles. The number of hydrogen-bond donors (Lipinski definition) is 0. The fraction of sp³-hybridized carbons (Fsp3) is 0.350. The van der Waals surface area contributed by atoms with Crippen LogP contribution in [-0.4, -0.2) is 43.3 Å². The van der Waals surface area contributed by atoms with Gasteiger partial charge in [-0.05, 0) is 32.0 Å². The Labute approximate surface area is 158 Å². The molecule has 0 N–H and O–H groups in total. The summed E-state index contributed by atoms with van der Waals surface area (Å²) in [5, 5.41) is 8.99. The lowest BCUT2D eigenvalue weighted by Crippen LogP contribution is -2.20. The number of aryl methyl sites for hydroxylation is 1. The molecule has 27 heavy (non-hydrogen) atoms. The van der Waals surface area contributed by atoms with Gasteiger partial charge >= 0.3 is 5.97 Å². The highest BCUT2D eigenvalue weighted by Crippen LogP contribution is 2.17. The Morgan fingerprint density at radius 1 is 1.19 bits per heavy atom. The van der Waals surface area contributed by atoms with Crippen LogP contribution in [0.3, 0.4) is 0 Å². The van der Waals surface area contributed by atoms with Gasteiger partial charge in [-0.25, -0.2) is 4.79 Å². The highest BCUT2D eigenvalue weighted by Gasteiger charge is 2.17. The van der Waals surface area contributed by atoms with Crippen molar-refractivity contribution in [3.05, 3.63) is 52.8 Å². The number of hydrogen-bond acceptors (Lipinski definition) is 6. The number of nitrogens with zero attached hydrogens (tertiary/aromatic N) is 2. The van der Waals surface area contributed by atoms with Gasteiger partial charge < -0.3 is 18.8 Å². The van der Waals surface area contributed by atoms with Gasteiger partial charge in [-0.2, -0.15) is 5.26 Å². The summed E-state index contributed by atoms with van der Waals surface area (Å²) in [7, 11) is 1.62. The SMILES string of the molecule is COCCn1c(C)cc(C(=O)COC(=O)COc2ccccc2C#N)c1C. The Balaban J connectivity index is 1.90. The molecule has 7 nitrogen and oxygen atoms in total. The maximum atomic E-state index is 12.4. The van der Waals surface area contributed by atoms with Gasteiger partial charge in [-0.1, -0.05) is 12.1 Å². The number of nitriles is 1. The molecule has 0 fully saturated rings. The molecule has 0 saturated carbocycles. The van der Waals surface area contributed by atoms with Crippen molar-refractivity contribution in [2.75, 3.05) is 26.9 Å². The first kappa shape index (κ1) is 20.2. The van der Waals surface area contributed by atoms with E-state index in [2.05, 4.69) is 0 Å². The Kier molecular flexibility index (Phi) is 7.15. The smallest absolute Gasteiger partial charge is 0.344 e. The van der Waals surface area contributed by atoms with E-state index in [9.17, 15) is 9.59 Å². The summed E-state index contributed by atoms with van der Waals surface area (Å²) < 4.78 is 17.4. The number of Topliss-reactive ketones (excluding diaryl/α,β-unsaturated/α-hetero) is 1. The minimum absolute atomic E-state index is 0.280. The topological polar surface area (TPSA) is 90.6 Å². The third-order valence-corrected chi connectivity index (χ3v) is 4.11. The number of benzene rings is 1. The van der Waals surface area contributed by atoms with Gasteiger partial charge in [0.25, 0.3) is 0 Å². The van der Waals surface area contributed by atoms with Crippen LogP contribution in [-0.2, 0) is 20.8 Å². The second-order valence-electron chi connectivity index (χ2n) is 5.91. The van der Waals surface area contributed by atoms with E-state index in [0.717, 1.165) is 11.4 Å². The number of para-hydroxylation sites is 1. The second kappa shape index (κ2) is 9.55. The lowest BCUT2D eigenvalue weighted by molar-refractivity contribution is -0.144. The number of ether oxygens (including phenoxy) is 3. The third kappa shape index (κ3) is 5.19. The lowest BCUT2D eigenvalue weighted by atomic mass is 10.1. The maximum Gasteiger partial charge on any atom is 0.344 e. The normalized spacial score (nSPS) is 10.3. The fourth-order valence-electron chi connectivity index (χ4n) is 2.70. The van der Waals surface area contributed by atoms with E-state index < -0.39 is 5.97 Å². The van der Waals surface area contributed by atoms with Crippen molar-refractivity contribution in [1.82, 2.24) is 4.57 Å². The summed E-state index contributed by atoms with van der Waals surface area (Å²) in [5.74, 6) is -0.660. The second-order valence-corrected chi connectivity index (χ2v) is 5.91. The lowest BCUT2D eigenvalue weighted by Gasteiger charge is -2.09. The number of aromatic nitrogens is 1. The van der Waals surface area contributed by atoms with E-state index in [1.54, 1.807) is 37.4 Å². The third-order valence-electron chi connectivity index (χ3n) is 4.11. The summed E-state index contributed by atoms with van der Waals surface area (Å²) in [6.45, 7) is 4.20. The number of methoxy groups -OCH3 is 1. The molecule has 7 heteroatoms. The van der Waals surface area contributed by atoms with Crippen LogP contribution in [0.25, 0.3) is 0 Å². The van der Waals surface area contributed by atoms with Gasteiger partial charge in [0.1, 0.15) is 11.8 Å². The van der Waals surface area contributed by atoms with E-state index >= 15 is 0 Å². The average molecular weight is 370 g/mol.